The Labute approximate surface area is 145 Å². The molecular formula is C21H30O3. The van der Waals surface area contributed by atoms with Gasteiger partial charge in [0.15, 0.2) is 11.9 Å². The molecule has 0 aliphatic heterocycles. The first kappa shape index (κ1) is 16.4. The molecule has 0 heterocycles. The topological polar surface area (TPSA) is 43.4 Å². The zero-order valence-electron chi connectivity index (χ0n) is 15.2. The van der Waals surface area contributed by atoms with Crippen LogP contribution >= 0.6 is 0 Å². The van der Waals surface area contributed by atoms with E-state index in [0.717, 1.165) is 18.3 Å². The minimum absolute atomic E-state index is 0.141. The van der Waals surface area contributed by atoms with E-state index in [-0.39, 0.29) is 17.2 Å². The van der Waals surface area contributed by atoms with Crippen LogP contribution in [0.25, 0.3) is 0 Å². The van der Waals surface area contributed by atoms with E-state index in [1.165, 1.54) is 39.0 Å². The van der Waals surface area contributed by atoms with Crippen molar-refractivity contribution in [2.75, 3.05) is 0 Å². The lowest BCUT2D eigenvalue weighted by molar-refractivity contribution is -0.163. The summed E-state index contributed by atoms with van der Waals surface area (Å²) in [5.41, 5.74) is 0.263. The summed E-state index contributed by atoms with van der Waals surface area (Å²) < 4.78 is 5.51. The molecule has 0 aromatic heterocycles. The average Bonchev–Trinajstić information content (AvgIpc) is 2.78. The van der Waals surface area contributed by atoms with E-state index in [1.807, 2.05) is 0 Å². The Kier molecular flexibility index (Phi) is 3.71. The second kappa shape index (κ2) is 5.44. The molecule has 3 heteroatoms. The van der Waals surface area contributed by atoms with Crippen LogP contribution in [0.15, 0.2) is 12.2 Å². The number of Topliss-reactive ketones (excluding diaryl/α,β-unsaturated/α-hetero) is 1. The van der Waals surface area contributed by atoms with E-state index in [2.05, 4.69) is 26.0 Å². The summed E-state index contributed by atoms with van der Waals surface area (Å²) in [6.07, 6.45) is 12.0. The number of hydrogen-bond acceptors (Lipinski definition) is 3. The van der Waals surface area contributed by atoms with Gasteiger partial charge in [0.05, 0.1) is 0 Å². The van der Waals surface area contributed by atoms with Crippen molar-refractivity contribution in [1.29, 1.82) is 0 Å². The van der Waals surface area contributed by atoms with Crippen molar-refractivity contribution >= 4 is 11.8 Å². The van der Waals surface area contributed by atoms with Crippen LogP contribution in [-0.4, -0.2) is 17.9 Å². The van der Waals surface area contributed by atoms with Gasteiger partial charge in [-0.15, -0.1) is 0 Å². The molecule has 0 radical (unpaired) electrons. The van der Waals surface area contributed by atoms with Gasteiger partial charge in [-0.3, -0.25) is 9.59 Å². The maximum absolute atomic E-state index is 12.6. The van der Waals surface area contributed by atoms with Gasteiger partial charge in [0.25, 0.3) is 0 Å². The maximum Gasteiger partial charge on any atom is 0.303 e. The van der Waals surface area contributed by atoms with Crippen LogP contribution in [0, 0.1) is 34.5 Å². The van der Waals surface area contributed by atoms with E-state index < -0.39 is 6.10 Å². The Morgan fingerprint density at radius 2 is 1.92 bits per heavy atom. The number of fused-ring (bicyclic) bond motifs is 5. The standard InChI is InChI=1S/C21H30O3/c1-13(22)24-19-18(23)12-17-15-8-7-14-6-4-5-10-20(14,2)16(15)9-11-21(17,19)3/h4-5,14-17,19H,6-12H2,1-3H3/t14-,15-,16+,17+,19+,20+,21+/m1/s1. The van der Waals surface area contributed by atoms with Crippen LogP contribution in [0.4, 0.5) is 0 Å². The molecule has 0 aromatic rings. The van der Waals surface area contributed by atoms with Crippen LogP contribution in [-0.2, 0) is 14.3 Å². The molecule has 132 valence electrons. The van der Waals surface area contributed by atoms with Gasteiger partial charge in [-0.25, -0.2) is 0 Å². The Bertz CT molecular complexity index is 594. The number of carbonyl (C=O) groups excluding carboxylic acids is 2. The minimum atomic E-state index is -0.502. The second-order valence-electron chi connectivity index (χ2n) is 9.27. The molecule has 4 rings (SSSR count). The molecule has 0 saturated heterocycles. The second-order valence-corrected chi connectivity index (χ2v) is 9.27. The molecule has 0 amide bonds. The summed E-state index contributed by atoms with van der Waals surface area (Å²) in [6.45, 7) is 6.14. The fourth-order valence-corrected chi connectivity index (χ4v) is 6.95. The molecule has 4 aliphatic rings. The van der Waals surface area contributed by atoms with Crippen molar-refractivity contribution in [3.8, 4) is 0 Å². The monoisotopic (exact) mass is 330 g/mol. The number of allylic oxidation sites excluding steroid dienone is 2. The molecule has 4 aliphatic carbocycles. The lowest BCUT2D eigenvalue weighted by Crippen LogP contribution is -2.53. The fourth-order valence-electron chi connectivity index (χ4n) is 6.95. The highest BCUT2D eigenvalue weighted by atomic mass is 16.5. The van der Waals surface area contributed by atoms with Crippen molar-refractivity contribution < 1.29 is 14.3 Å². The van der Waals surface area contributed by atoms with E-state index in [0.29, 0.717) is 23.7 Å². The quantitative estimate of drug-likeness (QED) is 0.531. The normalized spacial score (nSPS) is 50.0. The Hall–Kier alpha value is -1.12. The van der Waals surface area contributed by atoms with Gasteiger partial charge >= 0.3 is 5.97 Å². The van der Waals surface area contributed by atoms with E-state index in [1.54, 1.807) is 0 Å². The number of hydrogen-bond donors (Lipinski definition) is 0. The van der Waals surface area contributed by atoms with Crippen LogP contribution in [0.5, 0.6) is 0 Å². The summed E-state index contributed by atoms with van der Waals surface area (Å²) in [7, 11) is 0. The van der Waals surface area contributed by atoms with E-state index >= 15 is 0 Å². The van der Waals surface area contributed by atoms with Gasteiger partial charge < -0.3 is 4.74 Å². The van der Waals surface area contributed by atoms with Crippen LogP contribution in [0.1, 0.15) is 65.7 Å². The molecule has 0 unspecified atom stereocenters. The first-order chi connectivity index (χ1) is 11.4. The summed E-state index contributed by atoms with van der Waals surface area (Å²) >= 11 is 0. The predicted octanol–water partition coefficient (Wildman–Crippen LogP) is 4.31. The molecular weight excluding hydrogens is 300 g/mol. The Morgan fingerprint density at radius 3 is 2.67 bits per heavy atom. The number of esters is 1. The molecule has 24 heavy (non-hydrogen) atoms. The molecule has 0 aromatic carbocycles. The molecule has 0 bridgehead atoms. The number of ether oxygens (including phenoxy) is 1. The molecule has 3 fully saturated rings. The van der Waals surface area contributed by atoms with Gasteiger partial charge in [0, 0.05) is 18.8 Å². The third kappa shape index (κ3) is 2.16. The number of ketones is 1. The fraction of sp³-hybridized carbons (Fsp3) is 0.810. The molecule has 3 saturated carbocycles. The first-order valence-electron chi connectivity index (χ1n) is 9.71. The average molecular weight is 330 g/mol. The zero-order valence-corrected chi connectivity index (χ0v) is 15.2. The summed E-state index contributed by atoms with van der Waals surface area (Å²) in [5.74, 6) is 2.41. The minimum Gasteiger partial charge on any atom is -0.454 e. The van der Waals surface area contributed by atoms with Crippen molar-refractivity contribution in [2.45, 2.75) is 71.8 Å². The third-order valence-electron chi connectivity index (χ3n) is 8.24. The van der Waals surface area contributed by atoms with Crippen molar-refractivity contribution in [3.05, 3.63) is 12.2 Å². The third-order valence-corrected chi connectivity index (χ3v) is 8.24. The van der Waals surface area contributed by atoms with Crippen molar-refractivity contribution in [3.63, 3.8) is 0 Å². The smallest absolute Gasteiger partial charge is 0.303 e. The highest BCUT2D eigenvalue weighted by Crippen LogP contribution is 2.65. The van der Waals surface area contributed by atoms with E-state index in [4.69, 9.17) is 4.74 Å². The van der Waals surface area contributed by atoms with Crippen molar-refractivity contribution in [2.24, 2.45) is 34.5 Å². The molecule has 0 spiro atoms. The summed E-state index contributed by atoms with van der Waals surface area (Å²) in [6, 6.07) is 0. The van der Waals surface area contributed by atoms with Gasteiger partial charge in [-0.2, -0.15) is 0 Å². The van der Waals surface area contributed by atoms with E-state index in [9.17, 15) is 9.59 Å². The predicted molar refractivity (Wildman–Crippen MR) is 92.2 cm³/mol. The van der Waals surface area contributed by atoms with Gasteiger partial charge in [0.1, 0.15) is 0 Å². The lowest BCUT2D eigenvalue weighted by Gasteiger charge is -2.59. The summed E-state index contributed by atoms with van der Waals surface area (Å²) in [5, 5.41) is 0. The SMILES string of the molecule is CC(=O)O[C@H]1C(=O)C[C@H]2[C@@H]3CC[C@H]4CC=CC[C@]4(C)[C@H]3CC[C@]12C. The highest BCUT2D eigenvalue weighted by molar-refractivity contribution is 5.89. The maximum atomic E-state index is 12.6. The number of carbonyl (C=O) groups is 2. The first-order valence-corrected chi connectivity index (χ1v) is 9.71. The van der Waals surface area contributed by atoms with Crippen LogP contribution < -0.4 is 0 Å². The van der Waals surface area contributed by atoms with Crippen LogP contribution in [0.3, 0.4) is 0 Å². The largest absolute Gasteiger partial charge is 0.454 e. The van der Waals surface area contributed by atoms with Gasteiger partial charge in [-0.1, -0.05) is 26.0 Å². The molecule has 0 N–H and O–H groups in total. The zero-order chi connectivity index (χ0) is 17.1. The number of rotatable bonds is 1. The lowest BCUT2D eigenvalue weighted by atomic mass is 9.46. The Morgan fingerprint density at radius 1 is 1.12 bits per heavy atom. The molecule has 7 atom stereocenters. The van der Waals surface area contributed by atoms with Crippen LogP contribution in [0.2, 0.25) is 0 Å². The van der Waals surface area contributed by atoms with Crippen molar-refractivity contribution in [1.82, 2.24) is 0 Å². The van der Waals surface area contributed by atoms with Gasteiger partial charge in [-0.05, 0) is 67.6 Å². The summed E-state index contributed by atoms with van der Waals surface area (Å²) in [4.78, 5) is 24.1. The Balaban J connectivity index is 1.64. The molecule has 3 nitrogen and oxygen atoms in total. The van der Waals surface area contributed by atoms with Gasteiger partial charge in [0.2, 0.25) is 0 Å². The highest BCUT2D eigenvalue weighted by Gasteiger charge is 2.62.